The molecule has 0 unspecified atom stereocenters. The Hall–Kier alpha value is -0.990. The highest BCUT2D eigenvalue weighted by atomic mass is 16.6. The molecule has 0 saturated carbocycles. The molecule has 3 heteroatoms. The number of carbonyl (C=O) groups is 1. The smallest absolute Gasteiger partial charge is 0.407 e. The van der Waals surface area contributed by atoms with E-state index in [0.717, 1.165) is 5.57 Å². The van der Waals surface area contributed by atoms with Gasteiger partial charge in [0.05, 0.1) is 6.10 Å². The summed E-state index contributed by atoms with van der Waals surface area (Å²) in [6.07, 6.45) is -0.455. The lowest BCUT2D eigenvalue weighted by Crippen LogP contribution is -2.27. The van der Waals surface area contributed by atoms with E-state index in [-0.39, 0.29) is 12.2 Å². The van der Waals surface area contributed by atoms with Crippen LogP contribution in [0.2, 0.25) is 0 Å². The van der Waals surface area contributed by atoms with Gasteiger partial charge in [-0.3, -0.25) is 0 Å². The Labute approximate surface area is 67.4 Å². The molecule has 64 valence electrons. The fourth-order valence-corrected chi connectivity index (χ4v) is 0.479. The molecule has 0 fully saturated rings. The van der Waals surface area contributed by atoms with Crippen LogP contribution in [0.15, 0.2) is 12.2 Å². The average Bonchev–Trinajstić information content (AvgIpc) is 1.82. The van der Waals surface area contributed by atoms with Gasteiger partial charge in [0, 0.05) is 6.54 Å². The van der Waals surface area contributed by atoms with E-state index in [0.29, 0.717) is 6.54 Å². The SMILES string of the molecule is C=C(C)CNC(=O)OC(C)C. The van der Waals surface area contributed by atoms with Crippen molar-refractivity contribution in [1.82, 2.24) is 5.32 Å². The summed E-state index contributed by atoms with van der Waals surface area (Å²) in [5.41, 5.74) is 0.908. The van der Waals surface area contributed by atoms with Crippen molar-refractivity contribution in [3.05, 3.63) is 12.2 Å². The third-order valence-corrected chi connectivity index (χ3v) is 0.877. The average molecular weight is 157 g/mol. The molecule has 0 aliphatic rings. The van der Waals surface area contributed by atoms with Gasteiger partial charge < -0.3 is 10.1 Å². The summed E-state index contributed by atoms with van der Waals surface area (Å²) in [4.78, 5) is 10.8. The molecule has 0 heterocycles. The summed E-state index contributed by atoms with van der Waals surface area (Å²) in [7, 11) is 0. The molecular weight excluding hydrogens is 142 g/mol. The zero-order valence-electron chi connectivity index (χ0n) is 7.31. The zero-order chi connectivity index (χ0) is 8.85. The second-order valence-electron chi connectivity index (χ2n) is 2.76. The summed E-state index contributed by atoms with van der Waals surface area (Å²) in [5.74, 6) is 0. The normalized spacial score (nSPS) is 9.45. The number of amides is 1. The van der Waals surface area contributed by atoms with Crippen LogP contribution in [0.4, 0.5) is 4.79 Å². The van der Waals surface area contributed by atoms with Crippen LogP contribution in [0, 0.1) is 0 Å². The molecular formula is C8H15NO2. The number of hydrogen-bond donors (Lipinski definition) is 1. The van der Waals surface area contributed by atoms with Gasteiger partial charge in [-0.15, -0.1) is 0 Å². The minimum Gasteiger partial charge on any atom is -0.447 e. The first-order chi connectivity index (χ1) is 5.02. The summed E-state index contributed by atoms with van der Waals surface area (Å²) in [5, 5.41) is 2.55. The third-order valence-electron chi connectivity index (χ3n) is 0.877. The first-order valence-corrected chi connectivity index (χ1v) is 3.61. The summed E-state index contributed by atoms with van der Waals surface area (Å²) >= 11 is 0. The number of rotatable bonds is 3. The molecule has 11 heavy (non-hydrogen) atoms. The van der Waals surface area contributed by atoms with E-state index in [1.54, 1.807) is 13.8 Å². The zero-order valence-corrected chi connectivity index (χ0v) is 7.31. The standard InChI is InChI=1S/C8H15NO2/c1-6(2)5-9-8(10)11-7(3)4/h7H,1,5H2,2-4H3,(H,9,10). The second kappa shape index (κ2) is 4.77. The topological polar surface area (TPSA) is 38.3 Å². The van der Waals surface area contributed by atoms with E-state index in [9.17, 15) is 4.79 Å². The Morgan fingerprint density at radius 3 is 2.55 bits per heavy atom. The highest BCUT2D eigenvalue weighted by molar-refractivity contribution is 5.67. The van der Waals surface area contributed by atoms with Gasteiger partial charge in [-0.1, -0.05) is 12.2 Å². The lowest BCUT2D eigenvalue weighted by molar-refractivity contribution is 0.116. The van der Waals surface area contributed by atoms with Crippen LogP contribution in [-0.4, -0.2) is 18.7 Å². The van der Waals surface area contributed by atoms with Crippen molar-refractivity contribution in [2.45, 2.75) is 26.9 Å². The molecule has 1 amide bonds. The van der Waals surface area contributed by atoms with Crippen molar-refractivity contribution in [3.8, 4) is 0 Å². The fourth-order valence-electron chi connectivity index (χ4n) is 0.479. The molecule has 0 rings (SSSR count). The number of alkyl carbamates (subject to hydrolysis) is 1. The maximum atomic E-state index is 10.8. The van der Waals surface area contributed by atoms with Crippen LogP contribution in [0.25, 0.3) is 0 Å². The van der Waals surface area contributed by atoms with Crippen LogP contribution < -0.4 is 5.32 Å². The number of ether oxygens (including phenoxy) is 1. The van der Waals surface area contributed by atoms with Gasteiger partial charge in [0.25, 0.3) is 0 Å². The summed E-state index contributed by atoms with van der Waals surface area (Å²) in [6.45, 7) is 9.57. The van der Waals surface area contributed by atoms with Gasteiger partial charge in [0.2, 0.25) is 0 Å². The molecule has 1 N–H and O–H groups in total. The molecule has 0 atom stereocenters. The van der Waals surface area contributed by atoms with Crippen molar-refractivity contribution < 1.29 is 9.53 Å². The Kier molecular flexibility index (Phi) is 4.34. The van der Waals surface area contributed by atoms with Crippen LogP contribution >= 0.6 is 0 Å². The highest BCUT2D eigenvalue weighted by Gasteiger charge is 2.02. The Balaban J connectivity index is 3.45. The maximum Gasteiger partial charge on any atom is 0.407 e. The molecule has 0 spiro atoms. The van der Waals surface area contributed by atoms with Crippen molar-refractivity contribution in [1.29, 1.82) is 0 Å². The first kappa shape index (κ1) is 10.0. The molecule has 0 aromatic rings. The van der Waals surface area contributed by atoms with Gasteiger partial charge in [-0.05, 0) is 20.8 Å². The lowest BCUT2D eigenvalue weighted by Gasteiger charge is -2.08. The van der Waals surface area contributed by atoms with Crippen molar-refractivity contribution in [3.63, 3.8) is 0 Å². The molecule has 0 radical (unpaired) electrons. The van der Waals surface area contributed by atoms with E-state index in [1.165, 1.54) is 0 Å². The molecule has 0 aromatic heterocycles. The number of nitrogens with one attached hydrogen (secondary N) is 1. The van der Waals surface area contributed by atoms with Crippen LogP contribution in [0.5, 0.6) is 0 Å². The molecule has 0 saturated heterocycles. The van der Waals surface area contributed by atoms with Gasteiger partial charge in [-0.2, -0.15) is 0 Å². The number of carbonyl (C=O) groups excluding carboxylic acids is 1. The maximum absolute atomic E-state index is 10.8. The Morgan fingerprint density at radius 2 is 2.18 bits per heavy atom. The fraction of sp³-hybridized carbons (Fsp3) is 0.625. The third kappa shape index (κ3) is 6.90. The predicted octanol–water partition coefficient (Wildman–Crippen LogP) is 1.70. The predicted molar refractivity (Wildman–Crippen MR) is 44.4 cm³/mol. The van der Waals surface area contributed by atoms with Crippen LogP contribution in [0.3, 0.4) is 0 Å². The molecule has 3 nitrogen and oxygen atoms in total. The van der Waals surface area contributed by atoms with E-state index in [4.69, 9.17) is 4.74 Å². The van der Waals surface area contributed by atoms with Gasteiger partial charge in [-0.25, -0.2) is 4.79 Å². The lowest BCUT2D eigenvalue weighted by atomic mass is 10.3. The molecule has 0 aliphatic carbocycles. The second-order valence-corrected chi connectivity index (χ2v) is 2.76. The van der Waals surface area contributed by atoms with E-state index in [2.05, 4.69) is 11.9 Å². The van der Waals surface area contributed by atoms with Crippen molar-refractivity contribution >= 4 is 6.09 Å². The van der Waals surface area contributed by atoms with E-state index >= 15 is 0 Å². The highest BCUT2D eigenvalue weighted by Crippen LogP contribution is 1.89. The first-order valence-electron chi connectivity index (χ1n) is 3.61. The Morgan fingerprint density at radius 1 is 1.64 bits per heavy atom. The summed E-state index contributed by atoms with van der Waals surface area (Å²) in [6, 6.07) is 0. The van der Waals surface area contributed by atoms with Gasteiger partial charge in [0.1, 0.15) is 0 Å². The largest absolute Gasteiger partial charge is 0.447 e. The molecule has 0 aromatic carbocycles. The Bertz CT molecular complexity index is 152. The quantitative estimate of drug-likeness (QED) is 0.633. The van der Waals surface area contributed by atoms with Crippen molar-refractivity contribution in [2.75, 3.05) is 6.54 Å². The molecule has 0 aliphatic heterocycles. The minimum atomic E-state index is -0.386. The monoisotopic (exact) mass is 157 g/mol. The van der Waals surface area contributed by atoms with Gasteiger partial charge >= 0.3 is 6.09 Å². The van der Waals surface area contributed by atoms with E-state index in [1.807, 2.05) is 6.92 Å². The minimum absolute atomic E-state index is 0.0693. The molecule has 0 bridgehead atoms. The summed E-state index contributed by atoms with van der Waals surface area (Å²) < 4.78 is 4.81. The van der Waals surface area contributed by atoms with Crippen LogP contribution in [-0.2, 0) is 4.74 Å². The van der Waals surface area contributed by atoms with Crippen molar-refractivity contribution in [2.24, 2.45) is 0 Å². The number of hydrogen-bond acceptors (Lipinski definition) is 2. The van der Waals surface area contributed by atoms with Gasteiger partial charge in [0.15, 0.2) is 0 Å². The van der Waals surface area contributed by atoms with E-state index < -0.39 is 0 Å². The van der Waals surface area contributed by atoms with Crippen LogP contribution in [0.1, 0.15) is 20.8 Å².